The van der Waals surface area contributed by atoms with Gasteiger partial charge in [-0.1, -0.05) is 24.3 Å². The molecule has 0 radical (unpaired) electrons. The van der Waals surface area contributed by atoms with Crippen LogP contribution in [0.25, 0.3) is 12.2 Å². The van der Waals surface area contributed by atoms with Gasteiger partial charge in [0.25, 0.3) is 0 Å². The molecule has 0 unspecified atom stereocenters. The smallest absolute Gasteiger partial charge is 0.185 e. The summed E-state index contributed by atoms with van der Waals surface area (Å²) < 4.78 is 0. The first-order chi connectivity index (χ1) is 11.1. The molecular formula is C20H18O3. The van der Waals surface area contributed by atoms with Crippen LogP contribution in [-0.2, 0) is 4.79 Å². The Hall–Kier alpha value is -2.81. The van der Waals surface area contributed by atoms with Crippen molar-refractivity contribution in [3.8, 4) is 11.5 Å². The number of phenolic OH excluding ortho intramolecular Hbond substituents is 2. The molecule has 3 nitrogen and oxygen atoms in total. The van der Waals surface area contributed by atoms with Crippen molar-refractivity contribution in [3.05, 3.63) is 70.8 Å². The van der Waals surface area contributed by atoms with Crippen molar-refractivity contribution in [3.63, 3.8) is 0 Å². The SMILES string of the molecule is O=C1/C(=C\c2ccc(O)cc2)CCC/C1=C/c1ccc(O)cc1. The van der Waals surface area contributed by atoms with Crippen molar-refractivity contribution < 1.29 is 15.0 Å². The summed E-state index contributed by atoms with van der Waals surface area (Å²) in [6.45, 7) is 0. The van der Waals surface area contributed by atoms with Gasteiger partial charge < -0.3 is 10.2 Å². The van der Waals surface area contributed by atoms with Crippen molar-refractivity contribution in [2.75, 3.05) is 0 Å². The summed E-state index contributed by atoms with van der Waals surface area (Å²) in [4.78, 5) is 12.6. The van der Waals surface area contributed by atoms with E-state index in [1.165, 1.54) is 0 Å². The Morgan fingerprint density at radius 3 is 1.48 bits per heavy atom. The standard InChI is InChI=1S/C20H18O3/c21-18-8-4-14(5-9-18)12-16-2-1-3-17(20(16)23)13-15-6-10-19(22)11-7-15/h4-13,21-22H,1-3H2/b16-12-,17-13-. The quantitative estimate of drug-likeness (QED) is 0.812. The van der Waals surface area contributed by atoms with Gasteiger partial charge in [-0.3, -0.25) is 4.79 Å². The zero-order valence-corrected chi connectivity index (χ0v) is 12.7. The minimum atomic E-state index is 0.0809. The molecule has 0 atom stereocenters. The average molecular weight is 306 g/mol. The van der Waals surface area contributed by atoms with E-state index in [-0.39, 0.29) is 17.3 Å². The lowest BCUT2D eigenvalue weighted by molar-refractivity contribution is -0.112. The van der Waals surface area contributed by atoms with E-state index >= 15 is 0 Å². The Morgan fingerprint density at radius 1 is 0.696 bits per heavy atom. The Labute approximate surface area is 135 Å². The minimum absolute atomic E-state index is 0.0809. The molecule has 1 fully saturated rings. The second-order valence-electron chi connectivity index (χ2n) is 5.70. The van der Waals surface area contributed by atoms with Gasteiger partial charge in [-0.05, 0) is 66.8 Å². The fourth-order valence-corrected chi connectivity index (χ4v) is 2.72. The van der Waals surface area contributed by atoms with Crippen LogP contribution in [0.1, 0.15) is 30.4 Å². The van der Waals surface area contributed by atoms with Gasteiger partial charge >= 0.3 is 0 Å². The molecule has 3 rings (SSSR count). The molecule has 1 aliphatic carbocycles. The fraction of sp³-hybridized carbons (Fsp3) is 0.150. The van der Waals surface area contributed by atoms with E-state index in [9.17, 15) is 15.0 Å². The van der Waals surface area contributed by atoms with Crippen molar-refractivity contribution in [1.29, 1.82) is 0 Å². The molecule has 0 bridgehead atoms. The van der Waals surface area contributed by atoms with Gasteiger partial charge in [-0.2, -0.15) is 0 Å². The second-order valence-corrected chi connectivity index (χ2v) is 5.70. The third-order valence-electron chi connectivity index (χ3n) is 3.94. The predicted octanol–water partition coefficient (Wildman–Crippen LogP) is 4.32. The molecular weight excluding hydrogens is 288 g/mol. The van der Waals surface area contributed by atoms with Gasteiger partial charge in [0, 0.05) is 11.1 Å². The van der Waals surface area contributed by atoms with E-state index in [2.05, 4.69) is 0 Å². The summed E-state index contributed by atoms with van der Waals surface area (Å²) in [5.74, 6) is 0.516. The normalized spacial score (nSPS) is 18.5. The molecule has 2 aromatic rings. The summed E-state index contributed by atoms with van der Waals surface area (Å²) >= 11 is 0. The summed E-state index contributed by atoms with van der Waals surface area (Å²) in [7, 11) is 0. The van der Waals surface area contributed by atoms with E-state index in [1.54, 1.807) is 48.5 Å². The Bertz CT molecular complexity index is 700. The van der Waals surface area contributed by atoms with Crippen LogP contribution in [0.4, 0.5) is 0 Å². The van der Waals surface area contributed by atoms with E-state index in [0.29, 0.717) is 0 Å². The number of carbonyl (C=O) groups excluding carboxylic acids is 1. The molecule has 1 saturated carbocycles. The summed E-state index contributed by atoms with van der Waals surface area (Å²) in [6.07, 6.45) is 6.27. The average Bonchev–Trinajstić information content (AvgIpc) is 2.55. The van der Waals surface area contributed by atoms with Crippen molar-refractivity contribution >= 4 is 17.9 Å². The number of allylic oxidation sites excluding steroid dienone is 2. The zero-order chi connectivity index (χ0) is 16.2. The second kappa shape index (κ2) is 6.53. The lowest BCUT2D eigenvalue weighted by Gasteiger charge is -2.16. The third-order valence-corrected chi connectivity index (χ3v) is 3.94. The molecule has 2 N–H and O–H groups in total. The Kier molecular flexibility index (Phi) is 4.29. The highest BCUT2D eigenvalue weighted by molar-refractivity contribution is 6.13. The van der Waals surface area contributed by atoms with Crippen LogP contribution < -0.4 is 0 Å². The van der Waals surface area contributed by atoms with Crippen LogP contribution in [0.15, 0.2) is 59.7 Å². The van der Waals surface area contributed by atoms with Gasteiger partial charge in [-0.25, -0.2) is 0 Å². The van der Waals surface area contributed by atoms with E-state index in [1.807, 2.05) is 12.2 Å². The summed E-state index contributed by atoms with van der Waals surface area (Å²) in [6, 6.07) is 13.7. The van der Waals surface area contributed by atoms with E-state index in [0.717, 1.165) is 41.5 Å². The maximum atomic E-state index is 12.6. The Morgan fingerprint density at radius 2 is 1.09 bits per heavy atom. The first-order valence-corrected chi connectivity index (χ1v) is 7.66. The van der Waals surface area contributed by atoms with E-state index in [4.69, 9.17) is 0 Å². The van der Waals surface area contributed by atoms with Gasteiger partial charge in [-0.15, -0.1) is 0 Å². The molecule has 0 saturated heterocycles. The Balaban J connectivity index is 1.86. The van der Waals surface area contributed by atoms with Crippen LogP contribution in [0.2, 0.25) is 0 Å². The lowest BCUT2D eigenvalue weighted by atomic mass is 9.87. The zero-order valence-electron chi connectivity index (χ0n) is 12.7. The van der Waals surface area contributed by atoms with Crippen LogP contribution in [0.3, 0.4) is 0 Å². The molecule has 1 aliphatic rings. The molecule has 23 heavy (non-hydrogen) atoms. The van der Waals surface area contributed by atoms with Crippen molar-refractivity contribution in [1.82, 2.24) is 0 Å². The van der Waals surface area contributed by atoms with E-state index < -0.39 is 0 Å². The molecule has 0 amide bonds. The lowest BCUT2D eigenvalue weighted by Crippen LogP contribution is -2.12. The van der Waals surface area contributed by atoms with Crippen LogP contribution >= 0.6 is 0 Å². The van der Waals surface area contributed by atoms with Gasteiger partial charge in [0.1, 0.15) is 11.5 Å². The number of ketones is 1. The summed E-state index contributed by atoms with van der Waals surface area (Å²) in [5, 5.41) is 18.7. The highest BCUT2D eigenvalue weighted by Crippen LogP contribution is 2.28. The molecule has 116 valence electrons. The molecule has 0 spiro atoms. The number of carbonyl (C=O) groups is 1. The van der Waals surface area contributed by atoms with Gasteiger partial charge in [0.05, 0.1) is 0 Å². The molecule has 0 aromatic heterocycles. The third kappa shape index (κ3) is 3.69. The molecule has 3 heteroatoms. The maximum absolute atomic E-state index is 12.6. The van der Waals surface area contributed by atoms with Crippen LogP contribution in [-0.4, -0.2) is 16.0 Å². The van der Waals surface area contributed by atoms with Crippen molar-refractivity contribution in [2.45, 2.75) is 19.3 Å². The highest BCUT2D eigenvalue weighted by atomic mass is 16.3. The summed E-state index contributed by atoms with van der Waals surface area (Å²) in [5.41, 5.74) is 3.42. The van der Waals surface area contributed by atoms with Gasteiger partial charge in [0.15, 0.2) is 5.78 Å². The minimum Gasteiger partial charge on any atom is -0.508 e. The number of hydrogen-bond acceptors (Lipinski definition) is 3. The number of hydrogen-bond donors (Lipinski definition) is 2. The number of Topliss-reactive ketones (excluding diaryl/α,β-unsaturated/α-hetero) is 1. The molecule has 0 aliphatic heterocycles. The van der Waals surface area contributed by atoms with Crippen molar-refractivity contribution in [2.24, 2.45) is 0 Å². The monoisotopic (exact) mass is 306 g/mol. The van der Waals surface area contributed by atoms with Crippen LogP contribution in [0, 0.1) is 0 Å². The topological polar surface area (TPSA) is 57.5 Å². The maximum Gasteiger partial charge on any atom is 0.185 e. The predicted molar refractivity (Wildman–Crippen MR) is 91.0 cm³/mol. The molecule has 0 heterocycles. The number of aromatic hydroxyl groups is 2. The number of rotatable bonds is 2. The molecule has 2 aromatic carbocycles. The number of benzene rings is 2. The largest absolute Gasteiger partial charge is 0.508 e. The number of phenols is 2. The first-order valence-electron chi connectivity index (χ1n) is 7.66. The fourth-order valence-electron chi connectivity index (χ4n) is 2.72. The first kappa shape index (κ1) is 15.1. The highest BCUT2D eigenvalue weighted by Gasteiger charge is 2.20. The van der Waals surface area contributed by atoms with Crippen LogP contribution in [0.5, 0.6) is 11.5 Å². The van der Waals surface area contributed by atoms with Gasteiger partial charge in [0.2, 0.25) is 0 Å².